The molecule has 0 aromatic carbocycles. The van der Waals surface area contributed by atoms with Crippen LogP contribution >= 0.6 is 0 Å². The van der Waals surface area contributed by atoms with Crippen LogP contribution in [0.2, 0.25) is 0 Å². The van der Waals surface area contributed by atoms with Gasteiger partial charge in [-0.25, -0.2) is 0 Å². The Balaban J connectivity index is 3.70. The lowest BCUT2D eigenvalue weighted by Crippen LogP contribution is -2.12. The summed E-state index contributed by atoms with van der Waals surface area (Å²) in [6.07, 6.45) is 3.12. The summed E-state index contributed by atoms with van der Waals surface area (Å²) in [5.41, 5.74) is 0. The fourth-order valence-electron chi connectivity index (χ4n) is 1.30. The van der Waals surface area contributed by atoms with E-state index in [2.05, 4.69) is 13.8 Å². The maximum atomic E-state index is 10.3. The molecule has 0 spiro atoms. The number of carbonyl (C=O) groups is 1. The van der Waals surface area contributed by atoms with E-state index in [1.165, 1.54) is 0 Å². The van der Waals surface area contributed by atoms with Gasteiger partial charge in [-0.05, 0) is 31.6 Å². The number of aldehydes is 1. The minimum atomic E-state index is -0.238. The van der Waals surface area contributed by atoms with Crippen LogP contribution in [0.4, 0.5) is 0 Å². The van der Waals surface area contributed by atoms with Crippen LogP contribution in [0.3, 0.4) is 0 Å². The lowest BCUT2D eigenvalue weighted by molar-refractivity contribution is -0.109. The zero-order chi connectivity index (χ0) is 9.56. The second-order valence-corrected chi connectivity index (χ2v) is 3.83. The Morgan fingerprint density at radius 2 is 1.83 bits per heavy atom. The van der Waals surface area contributed by atoms with E-state index in [1.807, 2.05) is 0 Å². The maximum Gasteiger partial charge on any atom is 0.120 e. The van der Waals surface area contributed by atoms with Crippen molar-refractivity contribution in [2.75, 3.05) is 0 Å². The number of carbonyl (C=O) groups excluding carboxylic acids is 1. The second-order valence-electron chi connectivity index (χ2n) is 3.83. The van der Waals surface area contributed by atoms with Gasteiger partial charge in [-0.15, -0.1) is 0 Å². The normalized spacial score (nSPS) is 16.1. The molecule has 72 valence electrons. The van der Waals surface area contributed by atoms with Crippen molar-refractivity contribution in [3.05, 3.63) is 0 Å². The molecule has 0 bridgehead atoms. The van der Waals surface area contributed by atoms with Crippen LogP contribution in [0.1, 0.15) is 40.0 Å². The highest BCUT2D eigenvalue weighted by atomic mass is 16.3. The highest BCUT2D eigenvalue weighted by molar-refractivity contribution is 5.49. The predicted octanol–water partition coefficient (Wildman–Crippen LogP) is 2.01. The van der Waals surface area contributed by atoms with Crippen LogP contribution in [0.5, 0.6) is 0 Å². The van der Waals surface area contributed by atoms with Crippen molar-refractivity contribution in [2.45, 2.75) is 46.1 Å². The Morgan fingerprint density at radius 1 is 1.25 bits per heavy atom. The molecular weight excluding hydrogens is 152 g/mol. The molecule has 0 fully saturated rings. The average Bonchev–Trinajstić information content (AvgIpc) is 1.96. The van der Waals surface area contributed by atoms with Gasteiger partial charge in [0.25, 0.3) is 0 Å². The summed E-state index contributed by atoms with van der Waals surface area (Å²) in [5.74, 6) is 0.978. The number of aliphatic hydroxyl groups excluding tert-OH is 1. The van der Waals surface area contributed by atoms with Gasteiger partial charge < -0.3 is 9.90 Å². The van der Waals surface area contributed by atoms with E-state index in [-0.39, 0.29) is 6.10 Å². The van der Waals surface area contributed by atoms with Crippen LogP contribution in [-0.2, 0) is 4.79 Å². The van der Waals surface area contributed by atoms with Crippen LogP contribution in [0.15, 0.2) is 0 Å². The lowest BCUT2D eigenvalue weighted by Gasteiger charge is -2.18. The summed E-state index contributed by atoms with van der Waals surface area (Å²) in [6.45, 7) is 6.03. The summed E-state index contributed by atoms with van der Waals surface area (Å²) >= 11 is 0. The second kappa shape index (κ2) is 6.18. The number of hydrogen-bond acceptors (Lipinski definition) is 2. The highest BCUT2D eigenvalue weighted by Crippen LogP contribution is 2.20. The Morgan fingerprint density at radius 3 is 2.17 bits per heavy atom. The summed E-state index contributed by atoms with van der Waals surface area (Å²) in [7, 11) is 0. The minimum Gasteiger partial charge on any atom is -0.393 e. The minimum absolute atomic E-state index is 0.238. The molecule has 0 aromatic heterocycles. The van der Waals surface area contributed by atoms with Crippen LogP contribution in [0, 0.1) is 11.8 Å². The maximum absolute atomic E-state index is 10.3. The first-order valence-electron chi connectivity index (χ1n) is 4.69. The van der Waals surface area contributed by atoms with Gasteiger partial charge in [-0.2, -0.15) is 0 Å². The molecule has 0 aromatic rings. The number of rotatable bonds is 6. The molecule has 0 aliphatic heterocycles. The molecule has 0 amide bonds. The summed E-state index contributed by atoms with van der Waals surface area (Å²) in [5, 5.41) is 9.06. The highest BCUT2D eigenvalue weighted by Gasteiger charge is 2.13. The topological polar surface area (TPSA) is 37.3 Å². The zero-order valence-electron chi connectivity index (χ0n) is 8.29. The third-order valence-electron chi connectivity index (χ3n) is 2.30. The predicted molar refractivity (Wildman–Crippen MR) is 49.9 cm³/mol. The van der Waals surface area contributed by atoms with Crippen molar-refractivity contribution in [3.8, 4) is 0 Å². The van der Waals surface area contributed by atoms with Gasteiger partial charge in [0.1, 0.15) is 6.29 Å². The summed E-state index contributed by atoms with van der Waals surface area (Å²) < 4.78 is 0. The molecule has 0 rings (SSSR count). The molecule has 0 saturated carbocycles. The fraction of sp³-hybridized carbons (Fsp3) is 0.900. The van der Waals surface area contributed by atoms with Gasteiger partial charge in [-0.1, -0.05) is 13.8 Å². The molecule has 1 N–H and O–H groups in total. The first-order valence-corrected chi connectivity index (χ1v) is 4.69. The molecule has 0 radical (unpaired) electrons. The van der Waals surface area contributed by atoms with E-state index in [9.17, 15) is 4.79 Å². The van der Waals surface area contributed by atoms with Crippen molar-refractivity contribution in [3.63, 3.8) is 0 Å². The average molecular weight is 172 g/mol. The molecule has 0 aliphatic carbocycles. The lowest BCUT2D eigenvalue weighted by atomic mass is 9.88. The zero-order valence-corrected chi connectivity index (χ0v) is 8.29. The molecule has 2 heteroatoms. The molecule has 0 unspecified atom stereocenters. The van der Waals surface area contributed by atoms with E-state index in [1.54, 1.807) is 6.92 Å². The molecule has 0 saturated heterocycles. The molecule has 2 nitrogen and oxygen atoms in total. The third kappa shape index (κ3) is 5.30. The van der Waals surface area contributed by atoms with Gasteiger partial charge in [0.15, 0.2) is 0 Å². The van der Waals surface area contributed by atoms with Gasteiger partial charge in [0.05, 0.1) is 6.10 Å². The first kappa shape index (κ1) is 11.6. The van der Waals surface area contributed by atoms with Crippen molar-refractivity contribution < 1.29 is 9.90 Å². The first-order chi connectivity index (χ1) is 5.57. The van der Waals surface area contributed by atoms with Crippen LogP contribution in [-0.4, -0.2) is 17.5 Å². The van der Waals surface area contributed by atoms with E-state index < -0.39 is 0 Å². The van der Waals surface area contributed by atoms with Crippen LogP contribution in [0.25, 0.3) is 0 Å². The Bertz CT molecular complexity index is 119. The fourth-order valence-corrected chi connectivity index (χ4v) is 1.30. The van der Waals surface area contributed by atoms with Crippen molar-refractivity contribution in [2.24, 2.45) is 11.8 Å². The summed E-state index contributed by atoms with van der Waals surface area (Å²) in [4.78, 5) is 10.3. The molecule has 12 heavy (non-hydrogen) atoms. The standard InChI is InChI=1S/C10H20O2/c1-8(2)10(6-7-11)5-4-9(3)12/h7-10,12H,4-6H2,1-3H3/t9-,10-/m1/s1. The summed E-state index contributed by atoms with van der Waals surface area (Å²) in [6, 6.07) is 0. The Kier molecular flexibility index (Phi) is 5.99. The van der Waals surface area contributed by atoms with Crippen molar-refractivity contribution >= 4 is 6.29 Å². The van der Waals surface area contributed by atoms with Gasteiger partial charge >= 0.3 is 0 Å². The van der Waals surface area contributed by atoms with E-state index >= 15 is 0 Å². The Hall–Kier alpha value is -0.370. The Labute approximate surface area is 75.0 Å². The van der Waals surface area contributed by atoms with E-state index in [4.69, 9.17) is 5.11 Å². The van der Waals surface area contributed by atoms with Gasteiger partial charge in [0, 0.05) is 6.42 Å². The van der Waals surface area contributed by atoms with E-state index in [0.29, 0.717) is 18.3 Å². The molecule has 0 aliphatic rings. The number of hydrogen-bond donors (Lipinski definition) is 1. The van der Waals surface area contributed by atoms with E-state index in [0.717, 1.165) is 19.1 Å². The molecular formula is C10H20O2. The van der Waals surface area contributed by atoms with Gasteiger partial charge in [0.2, 0.25) is 0 Å². The van der Waals surface area contributed by atoms with Gasteiger partial charge in [-0.3, -0.25) is 0 Å². The monoisotopic (exact) mass is 172 g/mol. The SMILES string of the molecule is CC(C)[C@@H](CC=O)CC[C@@H](C)O. The van der Waals surface area contributed by atoms with Crippen molar-refractivity contribution in [1.82, 2.24) is 0 Å². The smallest absolute Gasteiger partial charge is 0.120 e. The molecule has 2 atom stereocenters. The number of aliphatic hydroxyl groups is 1. The largest absolute Gasteiger partial charge is 0.393 e. The molecule has 0 heterocycles. The van der Waals surface area contributed by atoms with Crippen LogP contribution < -0.4 is 0 Å². The quantitative estimate of drug-likeness (QED) is 0.622. The van der Waals surface area contributed by atoms with Crippen molar-refractivity contribution in [1.29, 1.82) is 0 Å². The third-order valence-corrected chi connectivity index (χ3v) is 2.30.